The summed E-state index contributed by atoms with van der Waals surface area (Å²) in [5.41, 5.74) is -2.82. The lowest BCUT2D eigenvalue weighted by atomic mass is 9.77. The fourth-order valence-electron chi connectivity index (χ4n) is 4.48. The molecule has 0 amide bonds. The van der Waals surface area contributed by atoms with Crippen LogP contribution in [-0.4, -0.2) is 146 Å². The highest BCUT2D eigenvalue weighted by Crippen LogP contribution is 2.41. The molecule has 0 aliphatic carbocycles. The second kappa shape index (κ2) is 10.2. The average molecular weight is 488 g/mol. The van der Waals surface area contributed by atoms with E-state index in [0.717, 1.165) is 7.11 Å². The normalized spacial score (nSPS) is 56.0. The number of rotatable bonds is 5. The Morgan fingerprint density at radius 1 is 0.818 bits per heavy atom. The van der Waals surface area contributed by atoms with Gasteiger partial charge in [0.2, 0.25) is 0 Å². The van der Waals surface area contributed by atoms with Gasteiger partial charge in [0.05, 0.1) is 18.8 Å². The minimum Gasteiger partial charge on any atom is -0.394 e. The molecular formula is C19H33FO13. The first-order chi connectivity index (χ1) is 15.4. The van der Waals surface area contributed by atoms with Crippen LogP contribution in [0.15, 0.2) is 0 Å². The zero-order valence-corrected chi connectivity index (χ0v) is 18.3. The van der Waals surface area contributed by atoms with Crippen molar-refractivity contribution < 1.29 is 68.9 Å². The summed E-state index contributed by atoms with van der Waals surface area (Å²) in [6, 6.07) is 0. The molecule has 15 atom stereocenters. The van der Waals surface area contributed by atoms with Crippen LogP contribution in [0.5, 0.6) is 0 Å². The molecule has 0 spiro atoms. The van der Waals surface area contributed by atoms with Crippen molar-refractivity contribution in [2.75, 3.05) is 13.7 Å². The van der Waals surface area contributed by atoms with Crippen molar-refractivity contribution in [3.63, 3.8) is 0 Å². The van der Waals surface area contributed by atoms with E-state index in [1.54, 1.807) is 0 Å². The predicted octanol–water partition coefficient (Wildman–Crippen LogP) is -4.50. The van der Waals surface area contributed by atoms with Gasteiger partial charge in [-0.05, 0) is 13.8 Å². The Bertz CT molecular complexity index is 655. The van der Waals surface area contributed by atoms with Crippen LogP contribution >= 0.6 is 0 Å². The number of aliphatic hydroxyl groups is 8. The number of aliphatic hydroxyl groups excluding tert-OH is 7. The highest BCUT2D eigenvalue weighted by Gasteiger charge is 2.65. The largest absolute Gasteiger partial charge is 0.394 e. The van der Waals surface area contributed by atoms with Crippen LogP contribution in [0.25, 0.3) is 0 Å². The molecule has 33 heavy (non-hydrogen) atoms. The minimum atomic E-state index is -2.82. The van der Waals surface area contributed by atoms with E-state index in [0.29, 0.717) is 0 Å². The van der Waals surface area contributed by atoms with E-state index < -0.39 is 98.1 Å². The van der Waals surface area contributed by atoms with Crippen molar-refractivity contribution in [1.29, 1.82) is 0 Å². The van der Waals surface area contributed by atoms with Crippen molar-refractivity contribution >= 4 is 0 Å². The van der Waals surface area contributed by atoms with E-state index in [9.17, 15) is 40.9 Å². The summed E-state index contributed by atoms with van der Waals surface area (Å²) < 4.78 is 41.9. The van der Waals surface area contributed by atoms with Crippen LogP contribution in [0.3, 0.4) is 0 Å². The number of ether oxygens (including phenoxy) is 5. The third-order valence-corrected chi connectivity index (χ3v) is 6.57. The standard InChI is InChI=1S/C19H33FO13/c1-5-8(22)11(25)12(26)17(31-5)33-14-9(23)6(2)30-16(13(14)27)19(28)15(20)10(24)7(4-21)32-18(19)29-3/h5-18,21-28H,4H2,1-3H3/t5-,6-,7+,8-,9-,10-,11+,12+,13+,14+,15-,16+,17-,18-,19-/m0/s1. The molecule has 14 heteroatoms. The number of methoxy groups -OCH3 is 1. The quantitative estimate of drug-likeness (QED) is 0.184. The SMILES string of the molecule is CO[C@H]1O[C@H](CO)[C@H](O)[C@H](F)[C@]1(O)[C@@H]1O[C@@H](C)[C@H](O)[C@@H](O[C@@H]2O[C@@H](C)[C@H](O)[C@@H](O)[C@H]2O)[C@H]1O. The number of hydrogen-bond donors (Lipinski definition) is 8. The van der Waals surface area contributed by atoms with E-state index in [4.69, 9.17) is 23.7 Å². The lowest BCUT2D eigenvalue weighted by molar-refractivity contribution is -0.384. The van der Waals surface area contributed by atoms with Gasteiger partial charge < -0.3 is 64.5 Å². The van der Waals surface area contributed by atoms with E-state index in [1.807, 2.05) is 0 Å². The molecule has 0 radical (unpaired) electrons. The van der Waals surface area contributed by atoms with E-state index in [-0.39, 0.29) is 0 Å². The minimum absolute atomic E-state index is 0.782. The number of halogens is 1. The summed E-state index contributed by atoms with van der Waals surface area (Å²) in [6.45, 7) is 1.96. The first-order valence-corrected chi connectivity index (χ1v) is 10.6. The maximum Gasteiger partial charge on any atom is 0.192 e. The van der Waals surface area contributed by atoms with Gasteiger partial charge in [-0.2, -0.15) is 0 Å². The topological polar surface area (TPSA) is 208 Å². The summed E-state index contributed by atoms with van der Waals surface area (Å²) in [5, 5.41) is 82.3. The maximum absolute atomic E-state index is 15.3. The van der Waals surface area contributed by atoms with E-state index >= 15 is 4.39 Å². The first kappa shape index (κ1) is 27.0. The highest BCUT2D eigenvalue weighted by molar-refractivity contribution is 5.11. The van der Waals surface area contributed by atoms with E-state index in [2.05, 4.69) is 0 Å². The van der Waals surface area contributed by atoms with Crippen LogP contribution in [0.1, 0.15) is 13.8 Å². The molecule has 3 rings (SSSR count). The van der Waals surface area contributed by atoms with Crippen molar-refractivity contribution in [2.45, 2.75) is 105 Å². The first-order valence-electron chi connectivity index (χ1n) is 10.6. The fourth-order valence-corrected chi connectivity index (χ4v) is 4.48. The monoisotopic (exact) mass is 488 g/mol. The Labute approximate surface area is 188 Å². The molecule has 0 bridgehead atoms. The molecule has 13 nitrogen and oxygen atoms in total. The zero-order valence-electron chi connectivity index (χ0n) is 18.3. The third kappa shape index (κ3) is 4.53. The fraction of sp³-hybridized carbons (Fsp3) is 1.00. The molecule has 194 valence electrons. The van der Waals surface area contributed by atoms with E-state index in [1.165, 1.54) is 13.8 Å². The molecular weight excluding hydrogens is 455 g/mol. The van der Waals surface area contributed by atoms with Gasteiger partial charge in [0.15, 0.2) is 24.4 Å². The molecule has 8 N–H and O–H groups in total. The van der Waals surface area contributed by atoms with Gasteiger partial charge in [0.25, 0.3) is 0 Å². The Morgan fingerprint density at radius 2 is 1.42 bits per heavy atom. The molecule has 0 aromatic carbocycles. The Morgan fingerprint density at radius 3 is 2.00 bits per heavy atom. The van der Waals surface area contributed by atoms with Gasteiger partial charge in [-0.3, -0.25) is 0 Å². The van der Waals surface area contributed by atoms with Gasteiger partial charge in [-0.25, -0.2) is 4.39 Å². The van der Waals surface area contributed by atoms with Gasteiger partial charge in [-0.1, -0.05) is 0 Å². The Hall–Kier alpha value is -0.590. The second-order valence-corrected chi connectivity index (χ2v) is 8.73. The van der Waals surface area contributed by atoms with Gasteiger partial charge in [-0.15, -0.1) is 0 Å². The van der Waals surface area contributed by atoms with Gasteiger partial charge >= 0.3 is 0 Å². The summed E-state index contributed by atoms with van der Waals surface area (Å²) in [7, 11) is 1.07. The molecule has 3 saturated heterocycles. The van der Waals surface area contributed by atoms with Crippen LogP contribution < -0.4 is 0 Å². The van der Waals surface area contributed by atoms with Crippen molar-refractivity contribution in [1.82, 2.24) is 0 Å². The summed E-state index contributed by atoms with van der Waals surface area (Å²) in [6.07, 6.45) is -23.4. The van der Waals surface area contributed by atoms with Crippen LogP contribution in [0, 0.1) is 0 Å². The highest BCUT2D eigenvalue weighted by atomic mass is 19.1. The van der Waals surface area contributed by atoms with Crippen LogP contribution in [0.4, 0.5) is 4.39 Å². The van der Waals surface area contributed by atoms with Gasteiger partial charge in [0.1, 0.15) is 54.9 Å². The average Bonchev–Trinajstić information content (AvgIpc) is 2.79. The smallest absolute Gasteiger partial charge is 0.192 e. The number of hydrogen-bond acceptors (Lipinski definition) is 13. The summed E-state index contributed by atoms with van der Waals surface area (Å²) in [5.74, 6) is 0. The molecule has 0 aromatic heterocycles. The number of alkyl halides is 1. The lowest BCUT2D eigenvalue weighted by Crippen LogP contribution is -2.76. The predicted molar refractivity (Wildman–Crippen MR) is 102 cm³/mol. The van der Waals surface area contributed by atoms with Crippen molar-refractivity contribution in [3.05, 3.63) is 0 Å². The molecule has 3 fully saturated rings. The Kier molecular flexibility index (Phi) is 8.33. The van der Waals surface area contributed by atoms with Gasteiger partial charge in [0, 0.05) is 7.11 Å². The second-order valence-electron chi connectivity index (χ2n) is 8.73. The zero-order chi connectivity index (χ0) is 24.8. The van der Waals surface area contributed by atoms with Crippen molar-refractivity contribution in [2.24, 2.45) is 0 Å². The molecule has 0 aromatic rings. The Balaban J connectivity index is 1.88. The summed E-state index contributed by atoms with van der Waals surface area (Å²) in [4.78, 5) is 0. The van der Waals surface area contributed by atoms with Crippen LogP contribution in [0.2, 0.25) is 0 Å². The molecule has 0 unspecified atom stereocenters. The maximum atomic E-state index is 15.3. The third-order valence-electron chi connectivity index (χ3n) is 6.57. The molecule has 3 heterocycles. The molecule has 3 aliphatic rings. The lowest BCUT2D eigenvalue weighted by Gasteiger charge is -2.54. The molecule has 0 saturated carbocycles. The summed E-state index contributed by atoms with van der Waals surface area (Å²) >= 11 is 0. The van der Waals surface area contributed by atoms with Crippen LogP contribution in [-0.2, 0) is 23.7 Å². The van der Waals surface area contributed by atoms with Crippen molar-refractivity contribution in [3.8, 4) is 0 Å². The molecule has 3 aliphatic heterocycles.